The summed E-state index contributed by atoms with van der Waals surface area (Å²) in [5, 5.41) is 17.9. The zero-order valence-electron chi connectivity index (χ0n) is 10.5. The molecule has 0 aliphatic carbocycles. The number of fused-ring (bicyclic) bond motifs is 1. The number of benzene rings is 1. The number of hydrogen-bond donors (Lipinski definition) is 3. The molecule has 2 rings (SSSR count). The van der Waals surface area contributed by atoms with Crippen molar-refractivity contribution in [3.05, 3.63) is 24.3 Å². The van der Waals surface area contributed by atoms with E-state index in [0.29, 0.717) is 16.3 Å². The average molecular weight is 298 g/mol. The van der Waals surface area contributed by atoms with Gasteiger partial charge in [0.15, 0.2) is 5.58 Å². The van der Waals surface area contributed by atoms with Gasteiger partial charge in [0.2, 0.25) is 0 Å². The van der Waals surface area contributed by atoms with Crippen LogP contribution in [0.1, 0.15) is 6.42 Å². The molecule has 1 unspecified atom stereocenters. The van der Waals surface area contributed by atoms with Crippen molar-refractivity contribution in [3.8, 4) is 0 Å². The Morgan fingerprint density at radius 2 is 2.00 bits per heavy atom. The third-order valence-electron chi connectivity index (χ3n) is 2.45. The number of rotatable bonds is 6. The standard InChI is InChI=1S/C12H11NO5S.H3N/c14-10(15)5-7(11(16)17)6-19-12-13-8-3-1-2-4-9(8)18-12;/h1-4,7H,5-6H2,(H,14,15)(H,16,17);1H3. The normalized spacial score (nSPS) is 11.8. The van der Waals surface area contributed by atoms with Gasteiger partial charge in [-0.15, -0.1) is 0 Å². The van der Waals surface area contributed by atoms with Crippen molar-refractivity contribution in [2.24, 2.45) is 5.92 Å². The van der Waals surface area contributed by atoms with Crippen LogP contribution in [-0.4, -0.2) is 32.9 Å². The third-order valence-corrected chi connectivity index (χ3v) is 3.44. The number of thioether (sulfide) groups is 1. The minimum absolute atomic E-state index is 0. The monoisotopic (exact) mass is 298 g/mol. The molecular formula is C12H14N2O5S. The molecule has 0 amide bonds. The number of carbonyl (C=O) groups is 2. The third kappa shape index (κ3) is 3.97. The molecule has 1 atom stereocenters. The van der Waals surface area contributed by atoms with Gasteiger partial charge in [0.05, 0.1) is 12.3 Å². The summed E-state index contributed by atoms with van der Waals surface area (Å²) in [6.07, 6.45) is -0.414. The zero-order chi connectivity index (χ0) is 13.8. The van der Waals surface area contributed by atoms with Gasteiger partial charge in [-0.3, -0.25) is 9.59 Å². The SMILES string of the molecule is N.O=C(O)CC(CSc1nc2ccccc2o1)C(=O)O. The largest absolute Gasteiger partial charge is 0.481 e. The van der Waals surface area contributed by atoms with Gasteiger partial charge in [-0.2, -0.15) is 0 Å². The van der Waals surface area contributed by atoms with E-state index in [4.69, 9.17) is 14.6 Å². The fraction of sp³-hybridized carbons (Fsp3) is 0.250. The second-order valence-electron chi connectivity index (χ2n) is 3.89. The van der Waals surface area contributed by atoms with Crippen LogP contribution in [0.4, 0.5) is 0 Å². The summed E-state index contributed by atoms with van der Waals surface area (Å²) in [6.45, 7) is 0. The van der Waals surface area contributed by atoms with Crippen LogP contribution < -0.4 is 6.15 Å². The van der Waals surface area contributed by atoms with Gasteiger partial charge in [-0.25, -0.2) is 4.98 Å². The van der Waals surface area contributed by atoms with Gasteiger partial charge in [0, 0.05) is 5.75 Å². The Balaban J connectivity index is 0.00000200. The maximum Gasteiger partial charge on any atom is 0.307 e. The highest BCUT2D eigenvalue weighted by atomic mass is 32.2. The smallest absolute Gasteiger partial charge is 0.307 e. The lowest BCUT2D eigenvalue weighted by molar-refractivity contribution is -0.147. The van der Waals surface area contributed by atoms with E-state index in [1.165, 1.54) is 0 Å². The summed E-state index contributed by atoms with van der Waals surface area (Å²) in [5.41, 5.74) is 1.31. The van der Waals surface area contributed by atoms with E-state index in [0.717, 1.165) is 11.8 Å². The Bertz CT molecular complexity index is 580. The fourth-order valence-electron chi connectivity index (χ4n) is 1.51. The van der Waals surface area contributed by atoms with Crippen LogP contribution in [0.5, 0.6) is 0 Å². The molecule has 108 valence electrons. The summed E-state index contributed by atoms with van der Waals surface area (Å²) in [6, 6.07) is 7.18. The van der Waals surface area contributed by atoms with Crippen LogP contribution in [0, 0.1) is 5.92 Å². The van der Waals surface area contributed by atoms with Crippen molar-refractivity contribution in [2.45, 2.75) is 11.6 Å². The quantitative estimate of drug-likeness (QED) is 0.691. The summed E-state index contributed by atoms with van der Waals surface area (Å²) in [4.78, 5) is 25.6. The van der Waals surface area contributed by atoms with Crippen LogP contribution in [0.15, 0.2) is 33.9 Å². The Hall–Kier alpha value is -2.06. The summed E-state index contributed by atoms with van der Waals surface area (Å²) < 4.78 is 5.41. The minimum atomic E-state index is -1.13. The Morgan fingerprint density at radius 1 is 1.30 bits per heavy atom. The predicted molar refractivity (Wildman–Crippen MR) is 73.1 cm³/mol. The zero-order valence-corrected chi connectivity index (χ0v) is 11.3. The summed E-state index contributed by atoms with van der Waals surface area (Å²) >= 11 is 1.10. The molecule has 0 aliphatic heterocycles. The number of aromatic nitrogens is 1. The highest BCUT2D eigenvalue weighted by Gasteiger charge is 2.22. The summed E-state index contributed by atoms with van der Waals surface area (Å²) in [7, 11) is 0. The molecule has 1 aromatic heterocycles. The molecule has 0 radical (unpaired) electrons. The first-order valence-electron chi connectivity index (χ1n) is 5.49. The molecule has 2 aromatic rings. The number of para-hydroxylation sites is 2. The number of oxazole rings is 1. The molecule has 0 spiro atoms. The number of aliphatic carboxylic acids is 2. The van der Waals surface area contributed by atoms with E-state index in [1.807, 2.05) is 12.1 Å². The second kappa shape index (κ2) is 6.92. The Morgan fingerprint density at radius 3 is 2.60 bits per heavy atom. The van der Waals surface area contributed by atoms with Crippen molar-refractivity contribution in [1.82, 2.24) is 11.1 Å². The maximum atomic E-state index is 10.9. The fourth-order valence-corrected chi connectivity index (χ4v) is 2.43. The van der Waals surface area contributed by atoms with Gasteiger partial charge in [0.25, 0.3) is 5.22 Å². The maximum absolute atomic E-state index is 10.9. The van der Waals surface area contributed by atoms with Crippen molar-refractivity contribution in [3.63, 3.8) is 0 Å². The van der Waals surface area contributed by atoms with E-state index in [1.54, 1.807) is 12.1 Å². The second-order valence-corrected chi connectivity index (χ2v) is 4.86. The molecule has 1 aromatic carbocycles. The van der Waals surface area contributed by atoms with E-state index >= 15 is 0 Å². The van der Waals surface area contributed by atoms with Gasteiger partial charge < -0.3 is 20.8 Å². The highest BCUT2D eigenvalue weighted by Crippen LogP contribution is 2.25. The van der Waals surface area contributed by atoms with Crippen molar-refractivity contribution in [2.75, 3.05) is 5.75 Å². The van der Waals surface area contributed by atoms with Gasteiger partial charge in [0.1, 0.15) is 5.52 Å². The molecule has 20 heavy (non-hydrogen) atoms. The van der Waals surface area contributed by atoms with Crippen LogP contribution in [-0.2, 0) is 9.59 Å². The molecule has 0 saturated carbocycles. The highest BCUT2D eigenvalue weighted by molar-refractivity contribution is 7.99. The molecule has 1 heterocycles. The lowest BCUT2D eigenvalue weighted by Crippen LogP contribution is -2.20. The van der Waals surface area contributed by atoms with Crippen LogP contribution in [0.2, 0.25) is 0 Å². The molecule has 0 fully saturated rings. The first-order chi connectivity index (χ1) is 9.06. The first-order valence-corrected chi connectivity index (χ1v) is 6.48. The van der Waals surface area contributed by atoms with Gasteiger partial charge in [-0.05, 0) is 12.1 Å². The topological polar surface area (TPSA) is 136 Å². The number of hydrogen-bond acceptors (Lipinski definition) is 6. The number of carboxylic acid groups (broad SMARTS) is 2. The van der Waals surface area contributed by atoms with Crippen LogP contribution >= 0.6 is 11.8 Å². The summed E-state index contributed by atoms with van der Waals surface area (Å²) in [5.74, 6) is -3.12. The minimum Gasteiger partial charge on any atom is -0.481 e. The van der Waals surface area contributed by atoms with Gasteiger partial charge >= 0.3 is 11.9 Å². The molecule has 0 bridgehead atoms. The van der Waals surface area contributed by atoms with E-state index in [9.17, 15) is 9.59 Å². The Labute approximate surface area is 118 Å². The molecule has 0 aliphatic rings. The first kappa shape index (κ1) is 16.0. The van der Waals surface area contributed by atoms with Gasteiger partial charge in [-0.1, -0.05) is 23.9 Å². The van der Waals surface area contributed by atoms with Crippen molar-refractivity contribution >= 4 is 34.8 Å². The lowest BCUT2D eigenvalue weighted by Gasteiger charge is -2.06. The molecule has 0 saturated heterocycles. The van der Waals surface area contributed by atoms with Crippen LogP contribution in [0.25, 0.3) is 11.1 Å². The van der Waals surface area contributed by atoms with E-state index in [2.05, 4.69) is 4.98 Å². The number of carboxylic acids is 2. The lowest BCUT2D eigenvalue weighted by atomic mass is 10.1. The molecular weight excluding hydrogens is 284 g/mol. The number of nitrogens with zero attached hydrogens (tertiary/aromatic N) is 1. The average Bonchev–Trinajstić information content (AvgIpc) is 2.76. The molecule has 8 heteroatoms. The Kier molecular flexibility index (Phi) is 5.53. The van der Waals surface area contributed by atoms with E-state index < -0.39 is 24.3 Å². The molecule has 5 N–H and O–H groups in total. The van der Waals surface area contributed by atoms with Crippen molar-refractivity contribution < 1.29 is 24.2 Å². The van der Waals surface area contributed by atoms with E-state index in [-0.39, 0.29) is 11.9 Å². The van der Waals surface area contributed by atoms with Crippen molar-refractivity contribution in [1.29, 1.82) is 0 Å². The molecule has 7 nitrogen and oxygen atoms in total. The van der Waals surface area contributed by atoms with Crippen LogP contribution in [0.3, 0.4) is 0 Å². The predicted octanol–water partition coefficient (Wildman–Crippen LogP) is 2.26.